The SMILES string of the molecule is c1cnc(-c2ccnnc2-c2cccc3sc(-c4ncc(N5CCNCC5)nc4-c4ncncn4)nc23)nc1. The van der Waals surface area contributed by atoms with Gasteiger partial charge in [-0.3, -0.25) is 0 Å². The number of piperazine rings is 1. The Morgan fingerprint density at radius 1 is 0.744 bits per heavy atom. The molecule has 39 heavy (non-hydrogen) atoms. The molecule has 6 heterocycles. The molecule has 1 fully saturated rings. The summed E-state index contributed by atoms with van der Waals surface area (Å²) in [5, 5.41) is 12.7. The summed E-state index contributed by atoms with van der Waals surface area (Å²) in [6, 6.07) is 9.64. The van der Waals surface area contributed by atoms with Gasteiger partial charge in [-0.05, 0) is 18.2 Å². The molecule has 0 radical (unpaired) electrons. The largest absolute Gasteiger partial charge is 0.353 e. The predicted molar refractivity (Wildman–Crippen MR) is 147 cm³/mol. The maximum absolute atomic E-state index is 5.04. The standard InChI is InChI=1S/C26H20N12S/c1-3-16(20-17(5-8-34-37-20)24-29-6-2-7-30-24)21-18(4-1)39-26(36-21)23-22(25-32-14-28-15-33-25)35-19(13-31-23)38-11-9-27-10-12-38/h1-8,13-15,27H,9-12H2. The minimum Gasteiger partial charge on any atom is -0.353 e. The second-order valence-corrected chi connectivity index (χ2v) is 9.69. The molecule has 0 atom stereocenters. The van der Waals surface area contributed by atoms with E-state index in [1.165, 1.54) is 24.0 Å². The van der Waals surface area contributed by atoms with Crippen molar-refractivity contribution in [1.29, 1.82) is 0 Å². The van der Waals surface area contributed by atoms with Gasteiger partial charge in [0.25, 0.3) is 0 Å². The molecule has 1 N–H and O–H groups in total. The van der Waals surface area contributed by atoms with E-state index in [2.05, 4.69) is 45.3 Å². The maximum atomic E-state index is 5.04. The molecule has 5 aromatic heterocycles. The monoisotopic (exact) mass is 532 g/mol. The van der Waals surface area contributed by atoms with Crippen LogP contribution in [0.15, 0.2) is 67.8 Å². The first-order valence-electron chi connectivity index (χ1n) is 12.3. The summed E-state index contributed by atoms with van der Waals surface area (Å²) >= 11 is 1.52. The Morgan fingerprint density at radius 3 is 2.44 bits per heavy atom. The lowest BCUT2D eigenvalue weighted by molar-refractivity contribution is 0.584. The van der Waals surface area contributed by atoms with Crippen LogP contribution >= 0.6 is 11.3 Å². The Labute approximate surface area is 226 Å². The highest BCUT2D eigenvalue weighted by molar-refractivity contribution is 7.21. The van der Waals surface area contributed by atoms with Gasteiger partial charge in [0, 0.05) is 49.7 Å². The van der Waals surface area contributed by atoms with E-state index in [9.17, 15) is 0 Å². The number of nitrogens with one attached hydrogen (secondary N) is 1. The van der Waals surface area contributed by atoms with Crippen LogP contribution in [0.5, 0.6) is 0 Å². The molecule has 0 bridgehead atoms. The Hall–Kier alpha value is -4.88. The highest BCUT2D eigenvalue weighted by Crippen LogP contribution is 2.39. The van der Waals surface area contributed by atoms with Crippen LogP contribution in [0.4, 0.5) is 5.82 Å². The van der Waals surface area contributed by atoms with Gasteiger partial charge in [0.15, 0.2) is 11.6 Å². The molecule has 0 unspecified atom stereocenters. The Kier molecular flexibility index (Phi) is 6.03. The molecule has 7 rings (SSSR count). The smallest absolute Gasteiger partial charge is 0.183 e. The summed E-state index contributed by atoms with van der Waals surface area (Å²) < 4.78 is 0.975. The lowest BCUT2D eigenvalue weighted by Gasteiger charge is -2.28. The van der Waals surface area contributed by atoms with Crippen LogP contribution in [0.3, 0.4) is 0 Å². The number of hydrogen-bond donors (Lipinski definition) is 1. The molecule has 1 saturated heterocycles. The molecule has 1 aliphatic heterocycles. The quantitative estimate of drug-likeness (QED) is 0.348. The fourth-order valence-electron chi connectivity index (χ4n) is 4.49. The van der Waals surface area contributed by atoms with Crippen molar-refractivity contribution in [2.24, 2.45) is 0 Å². The molecule has 0 spiro atoms. The summed E-state index contributed by atoms with van der Waals surface area (Å²) in [5.41, 5.74) is 4.22. The third-order valence-corrected chi connectivity index (χ3v) is 7.34. The molecule has 0 aliphatic carbocycles. The lowest BCUT2D eigenvalue weighted by atomic mass is 10.0. The van der Waals surface area contributed by atoms with Crippen molar-refractivity contribution in [2.75, 3.05) is 31.1 Å². The van der Waals surface area contributed by atoms with Crippen molar-refractivity contribution < 1.29 is 0 Å². The van der Waals surface area contributed by atoms with E-state index in [1.54, 1.807) is 30.9 Å². The molecule has 190 valence electrons. The normalized spacial score (nSPS) is 13.6. The van der Waals surface area contributed by atoms with Gasteiger partial charge in [-0.2, -0.15) is 5.10 Å². The summed E-state index contributed by atoms with van der Waals surface area (Å²) in [6.45, 7) is 3.48. The predicted octanol–water partition coefficient (Wildman–Crippen LogP) is 2.93. The molecule has 0 saturated carbocycles. The Bertz CT molecular complexity index is 1750. The van der Waals surface area contributed by atoms with Gasteiger partial charge in [-0.1, -0.05) is 12.1 Å². The van der Waals surface area contributed by atoms with Crippen molar-refractivity contribution in [3.8, 4) is 44.9 Å². The fraction of sp³-hybridized carbons (Fsp3) is 0.154. The number of para-hydroxylation sites is 1. The number of anilines is 1. The second kappa shape index (κ2) is 10.1. The molecular weight excluding hydrogens is 512 g/mol. The minimum atomic E-state index is 0.446. The van der Waals surface area contributed by atoms with Gasteiger partial charge < -0.3 is 10.2 Å². The Balaban J connectivity index is 1.37. The number of fused-ring (bicyclic) bond motifs is 1. The van der Waals surface area contributed by atoms with Gasteiger partial charge in [0.05, 0.1) is 22.6 Å². The van der Waals surface area contributed by atoms with Crippen molar-refractivity contribution in [3.63, 3.8) is 0 Å². The van der Waals surface area contributed by atoms with Gasteiger partial charge in [-0.15, -0.1) is 16.4 Å². The molecule has 13 heteroatoms. The van der Waals surface area contributed by atoms with Crippen LogP contribution in [0.2, 0.25) is 0 Å². The van der Waals surface area contributed by atoms with Crippen LogP contribution in [-0.2, 0) is 0 Å². The van der Waals surface area contributed by atoms with E-state index in [1.807, 2.05) is 24.3 Å². The number of rotatable bonds is 5. The molecule has 6 aromatic rings. The number of hydrogen-bond acceptors (Lipinski definition) is 13. The lowest BCUT2D eigenvalue weighted by Crippen LogP contribution is -2.44. The van der Waals surface area contributed by atoms with E-state index >= 15 is 0 Å². The van der Waals surface area contributed by atoms with Crippen LogP contribution in [0.25, 0.3) is 55.1 Å². The molecule has 1 aromatic carbocycles. The first-order valence-corrected chi connectivity index (χ1v) is 13.1. The zero-order valence-electron chi connectivity index (χ0n) is 20.5. The van der Waals surface area contributed by atoms with Crippen molar-refractivity contribution in [1.82, 2.24) is 55.4 Å². The van der Waals surface area contributed by atoms with E-state index < -0.39 is 0 Å². The summed E-state index contributed by atoms with van der Waals surface area (Å²) in [5.74, 6) is 1.80. The van der Waals surface area contributed by atoms with Gasteiger partial charge in [0.1, 0.15) is 40.6 Å². The topological polar surface area (TPSA) is 144 Å². The molecule has 0 amide bonds. The van der Waals surface area contributed by atoms with Gasteiger partial charge in [0.2, 0.25) is 0 Å². The average Bonchev–Trinajstić information content (AvgIpc) is 3.47. The number of benzene rings is 1. The van der Waals surface area contributed by atoms with Crippen molar-refractivity contribution in [3.05, 3.63) is 67.8 Å². The van der Waals surface area contributed by atoms with E-state index in [4.69, 9.17) is 15.0 Å². The zero-order chi connectivity index (χ0) is 26.0. The summed E-state index contributed by atoms with van der Waals surface area (Å²) in [7, 11) is 0. The summed E-state index contributed by atoms with van der Waals surface area (Å²) in [4.78, 5) is 38.6. The third kappa shape index (κ3) is 4.43. The van der Waals surface area contributed by atoms with Gasteiger partial charge >= 0.3 is 0 Å². The van der Waals surface area contributed by atoms with E-state index in [-0.39, 0.29) is 0 Å². The highest BCUT2D eigenvalue weighted by Gasteiger charge is 2.22. The second-order valence-electron chi connectivity index (χ2n) is 8.66. The average molecular weight is 533 g/mol. The minimum absolute atomic E-state index is 0.446. The van der Waals surface area contributed by atoms with Gasteiger partial charge in [-0.25, -0.2) is 39.9 Å². The number of thiazole rings is 1. The first-order chi connectivity index (χ1) is 19.3. The summed E-state index contributed by atoms with van der Waals surface area (Å²) in [6.07, 6.45) is 9.77. The fourth-order valence-corrected chi connectivity index (χ4v) is 5.48. The molecule has 12 nitrogen and oxygen atoms in total. The van der Waals surface area contributed by atoms with Crippen LogP contribution in [0.1, 0.15) is 0 Å². The maximum Gasteiger partial charge on any atom is 0.183 e. The van der Waals surface area contributed by atoms with Crippen LogP contribution in [-0.4, -0.2) is 76.2 Å². The zero-order valence-corrected chi connectivity index (χ0v) is 21.3. The highest BCUT2D eigenvalue weighted by atomic mass is 32.1. The number of nitrogens with zero attached hydrogens (tertiary/aromatic N) is 11. The molecule has 1 aliphatic rings. The van der Waals surface area contributed by atoms with E-state index in [0.717, 1.165) is 53.3 Å². The van der Waals surface area contributed by atoms with Crippen molar-refractivity contribution >= 4 is 27.4 Å². The Morgan fingerprint density at radius 2 is 1.59 bits per heavy atom. The van der Waals surface area contributed by atoms with Crippen LogP contribution in [0, 0.1) is 0 Å². The van der Waals surface area contributed by atoms with E-state index in [0.29, 0.717) is 33.7 Å². The molecular formula is C26H20N12S. The van der Waals surface area contributed by atoms with Crippen molar-refractivity contribution in [2.45, 2.75) is 0 Å². The van der Waals surface area contributed by atoms with Crippen LogP contribution < -0.4 is 10.2 Å². The first kappa shape index (κ1) is 23.3. The third-order valence-electron chi connectivity index (χ3n) is 6.31. The number of aromatic nitrogens is 10.